The molecule has 1 nitrogen and oxygen atoms in total. The topological polar surface area (TPSA) is 9.23 Å². The molecule has 2 saturated carbocycles. The van der Waals surface area contributed by atoms with Gasteiger partial charge in [-0.3, -0.25) is 0 Å². The van der Waals surface area contributed by atoms with Gasteiger partial charge in [0.1, 0.15) is 5.82 Å². The van der Waals surface area contributed by atoms with Crippen molar-refractivity contribution >= 4 is 0 Å². The van der Waals surface area contributed by atoms with Gasteiger partial charge in [0.25, 0.3) is 0 Å². The molecule has 0 saturated heterocycles. The fourth-order valence-corrected chi connectivity index (χ4v) is 5.52. The van der Waals surface area contributed by atoms with Crippen LogP contribution < -0.4 is 4.74 Å². The van der Waals surface area contributed by atoms with Crippen LogP contribution in [0.5, 0.6) is 5.75 Å². The first kappa shape index (κ1) is 22.5. The standard InChI is InChI=1S/C28H29F3O/c1-3-4-18-6-9-22-17-23(11-10-21(22)15-18)24-13-7-19(16-25(24)29)5-8-20-12-14-26(32-2)28(31)27(20)30/h3-4,7,12-14,16,18,21-23H,6,9-11,15,17H2,1-2H3/b4-3+. The maximum absolute atomic E-state index is 15.0. The molecule has 2 aromatic rings. The van der Waals surface area contributed by atoms with Crippen molar-refractivity contribution in [3.05, 3.63) is 76.6 Å². The lowest BCUT2D eigenvalue weighted by Gasteiger charge is -2.41. The van der Waals surface area contributed by atoms with Crippen LogP contribution in [0.4, 0.5) is 13.2 Å². The molecular weight excluding hydrogens is 409 g/mol. The molecule has 4 rings (SSSR count). The van der Waals surface area contributed by atoms with Crippen molar-refractivity contribution in [3.63, 3.8) is 0 Å². The van der Waals surface area contributed by atoms with E-state index >= 15 is 0 Å². The zero-order chi connectivity index (χ0) is 22.7. The minimum Gasteiger partial charge on any atom is -0.494 e. The molecule has 2 aromatic carbocycles. The Kier molecular flexibility index (Phi) is 6.94. The first-order chi connectivity index (χ1) is 15.5. The normalized spacial score (nSPS) is 25.2. The van der Waals surface area contributed by atoms with Gasteiger partial charge in [0, 0.05) is 5.56 Å². The summed E-state index contributed by atoms with van der Waals surface area (Å²) in [6.07, 6.45) is 11.5. The fourth-order valence-electron chi connectivity index (χ4n) is 5.52. The maximum atomic E-state index is 15.0. The van der Waals surface area contributed by atoms with E-state index in [0.29, 0.717) is 17.4 Å². The molecule has 2 aliphatic carbocycles. The molecule has 0 radical (unpaired) electrons. The maximum Gasteiger partial charge on any atom is 0.201 e. The molecule has 4 heteroatoms. The third kappa shape index (κ3) is 4.72. The molecule has 0 bridgehead atoms. The zero-order valence-corrected chi connectivity index (χ0v) is 18.6. The van der Waals surface area contributed by atoms with Crippen LogP contribution in [-0.4, -0.2) is 7.11 Å². The lowest BCUT2D eigenvalue weighted by atomic mass is 9.64. The molecule has 0 amide bonds. The number of hydrogen-bond donors (Lipinski definition) is 0. The summed E-state index contributed by atoms with van der Waals surface area (Å²) in [6, 6.07) is 7.70. The number of halogens is 3. The van der Waals surface area contributed by atoms with Crippen LogP contribution >= 0.6 is 0 Å². The van der Waals surface area contributed by atoms with Crippen LogP contribution in [0.3, 0.4) is 0 Å². The van der Waals surface area contributed by atoms with Crippen LogP contribution in [-0.2, 0) is 0 Å². The lowest BCUT2D eigenvalue weighted by Crippen LogP contribution is -2.30. The monoisotopic (exact) mass is 438 g/mol. The summed E-state index contributed by atoms with van der Waals surface area (Å²) in [5, 5.41) is 0. The van der Waals surface area contributed by atoms with Crippen molar-refractivity contribution in [2.24, 2.45) is 17.8 Å². The minimum absolute atomic E-state index is 0.0837. The van der Waals surface area contributed by atoms with Gasteiger partial charge in [-0.05, 0) is 98.9 Å². The Morgan fingerprint density at radius 3 is 2.44 bits per heavy atom. The molecule has 0 N–H and O–H groups in total. The highest BCUT2D eigenvalue weighted by molar-refractivity contribution is 5.46. The molecule has 32 heavy (non-hydrogen) atoms. The SMILES string of the molecule is C/C=C/C1CCC2CC(c3ccc(C#Cc4ccc(OC)c(F)c4F)cc3F)CCC2C1. The number of rotatable bonds is 3. The summed E-state index contributed by atoms with van der Waals surface area (Å²) in [5.41, 5.74) is 1.12. The predicted molar refractivity (Wildman–Crippen MR) is 121 cm³/mol. The van der Waals surface area contributed by atoms with Crippen LogP contribution in [0.15, 0.2) is 42.5 Å². The van der Waals surface area contributed by atoms with Crippen LogP contribution in [0.25, 0.3) is 0 Å². The van der Waals surface area contributed by atoms with E-state index in [-0.39, 0.29) is 23.0 Å². The summed E-state index contributed by atoms with van der Waals surface area (Å²) in [6.45, 7) is 2.09. The first-order valence-electron chi connectivity index (χ1n) is 11.5. The van der Waals surface area contributed by atoms with E-state index in [1.807, 2.05) is 6.07 Å². The molecule has 2 aliphatic rings. The van der Waals surface area contributed by atoms with E-state index in [1.165, 1.54) is 44.6 Å². The second-order valence-corrected chi connectivity index (χ2v) is 9.06. The Morgan fingerprint density at radius 1 is 0.906 bits per heavy atom. The Balaban J connectivity index is 1.46. The van der Waals surface area contributed by atoms with Crippen molar-refractivity contribution in [3.8, 4) is 17.6 Å². The first-order valence-corrected chi connectivity index (χ1v) is 11.5. The number of hydrogen-bond acceptors (Lipinski definition) is 1. The van der Waals surface area contributed by atoms with Gasteiger partial charge >= 0.3 is 0 Å². The highest BCUT2D eigenvalue weighted by Crippen LogP contribution is 2.48. The molecule has 0 aliphatic heterocycles. The molecule has 0 spiro atoms. The minimum atomic E-state index is -1.07. The van der Waals surface area contributed by atoms with Gasteiger partial charge < -0.3 is 4.74 Å². The molecule has 168 valence electrons. The van der Waals surface area contributed by atoms with Crippen LogP contribution in [0, 0.1) is 47.0 Å². The van der Waals surface area contributed by atoms with Crippen LogP contribution in [0.1, 0.15) is 68.1 Å². The van der Waals surface area contributed by atoms with Gasteiger partial charge in [-0.1, -0.05) is 30.1 Å². The quantitative estimate of drug-likeness (QED) is 0.359. The Bertz CT molecular complexity index is 1060. The summed E-state index contributed by atoms with van der Waals surface area (Å²) < 4.78 is 47.7. The summed E-state index contributed by atoms with van der Waals surface area (Å²) in [5.74, 6) is 5.18. The van der Waals surface area contributed by atoms with Crippen molar-refractivity contribution < 1.29 is 17.9 Å². The summed E-state index contributed by atoms with van der Waals surface area (Å²) in [4.78, 5) is 0. The van der Waals surface area contributed by atoms with Crippen molar-refractivity contribution in [1.82, 2.24) is 0 Å². The smallest absolute Gasteiger partial charge is 0.201 e. The Morgan fingerprint density at radius 2 is 1.69 bits per heavy atom. The number of fused-ring (bicyclic) bond motifs is 1. The average Bonchev–Trinajstić information content (AvgIpc) is 2.80. The number of benzene rings is 2. The van der Waals surface area contributed by atoms with Gasteiger partial charge in [0.15, 0.2) is 11.6 Å². The van der Waals surface area contributed by atoms with Crippen molar-refractivity contribution in [2.45, 2.75) is 51.4 Å². The van der Waals surface area contributed by atoms with Gasteiger partial charge in [0.05, 0.1) is 12.7 Å². The van der Waals surface area contributed by atoms with Gasteiger partial charge in [0.2, 0.25) is 5.82 Å². The molecule has 0 heterocycles. The highest BCUT2D eigenvalue weighted by Gasteiger charge is 2.36. The van der Waals surface area contributed by atoms with Crippen molar-refractivity contribution in [2.75, 3.05) is 7.11 Å². The second-order valence-electron chi connectivity index (χ2n) is 9.06. The third-order valence-corrected chi connectivity index (χ3v) is 7.17. The number of allylic oxidation sites excluding steroid dienone is 2. The van der Waals surface area contributed by atoms with Crippen LogP contribution in [0.2, 0.25) is 0 Å². The summed E-state index contributed by atoms with van der Waals surface area (Å²) >= 11 is 0. The largest absolute Gasteiger partial charge is 0.494 e. The fraction of sp³-hybridized carbons (Fsp3) is 0.429. The molecule has 4 unspecified atom stereocenters. The molecule has 2 fully saturated rings. The third-order valence-electron chi connectivity index (χ3n) is 7.17. The molecular formula is C28H29F3O. The lowest BCUT2D eigenvalue weighted by molar-refractivity contribution is 0.132. The Hall–Kier alpha value is -2.67. The van der Waals surface area contributed by atoms with E-state index < -0.39 is 11.6 Å². The van der Waals surface area contributed by atoms with E-state index in [1.54, 1.807) is 6.07 Å². The molecule has 4 atom stereocenters. The molecule has 0 aromatic heterocycles. The number of methoxy groups -OCH3 is 1. The van der Waals surface area contributed by atoms with Crippen molar-refractivity contribution in [1.29, 1.82) is 0 Å². The van der Waals surface area contributed by atoms with E-state index in [0.717, 1.165) is 30.7 Å². The second kappa shape index (κ2) is 9.86. The number of ether oxygens (including phenoxy) is 1. The van der Waals surface area contributed by atoms with Gasteiger partial charge in [-0.25, -0.2) is 8.78 Å². The summed E-state index contributed by atoms with van der Waals surface area (Å²) in [7, 11) is 1.27. The van der Waals surface area contributed by atoms with E-state index in [4.69, 9.17) is 4.74 Å². The van der Waals surface area contributed by atoms with E-state index in [2.05, 4.69) is 30.9 Å². The predicted octanol–water partition coefficient (Wildman–Crippen LogP) is 7.39. The Labute approximate surface area is 188 Å². The zero-order valence-electron chi connectivity index (χ0n) is 18.6. The highest BCUT2D eigenvalue weighted by atomic mass is 19.2. The van der Waals surface area contributed by atoms with Gasteiger partial charge in [-0.2, -0.15) is 4.39 Å². The van der Waals surface area contributed by atoms with E-state index in [9.17, 15) is 13.2 Å². The van der Waals surface area contributed by atoms with Gasteiger partial charge in [-0.15, -0.1) is 0 Å². The average molecular weight is 439 g/mol.